The number of hydrogen-bond acceptors (Lipinski definition) is 3. The third-order valence-electron chi connectivity index (χ3n) is 1.23. The molecule has 0 aliphatic carbocycles. The highest BCUT2D eigenvalue weighted by molar-refractivity contribution is 6.33. The van der Waals surface area contributed by atoms with Crippen molar-refractivity contribution in [3.8, 4) is 5.88 Å². The molecule has 0 aliphatic heterocycles. The SMILES string of the molecule is [B]c1ccc(C=O)nc1OC(F)F. The molecular formula is C7H4BF2NO2. The smallest absolute Gasteiger partial charge is 0.388 e. The van der Waals surface area contributed by atoms with Gasteiger partial charge < -0.3 is 4.74 Å². The summed E-state index contributed by atoms with van der Waals surface area (Å²) in [5.74, 6) is -0.431. The average Bonchev–Trinajstić information content (AvgIpc) is 2.08. The molecule has 0 fully saturated rings. The number of alkyl halides is 2. The molecule has 1 aromatic heterocycles. The number of carbonyl (C=O) groups is 1. The van der Waals surface area contributed by atoms with Crippen molar-refractivity contribution in [2.75, 3.05) is 0 Å². The fraction of sp³-hybridized carbons (Fsp3) is 0.143. The quantitative estimate of drug-likeness (QED) is 0.499. The molecule has 1 aromatic rings. The second-order valence-corrected chi connectivity index (χ2v) is 2.13. The molecule has 1 rings (SSSR count). The molecule has 6 heteroatoms. The van der Waals surface area contributed by atoms with Crippen molar-refractivity contribution < 1.29 is 18.3 Å². The Kier molecular flexibility index (Phi) is 2.95. The number of aldehydes is 1. The lowest BCUT2D eigenvalue weighted by molar-refractivity contribution is -0.0521. The molecule has 0 amide bonds. The highest BCUT2D eigenvalue weighted by atomic mass is 19.3. The Morgan fingerprint density at radius 3 is 2.77 bits per heavy atom. The predicted molar refractivity (Wildman–Crippen MR) is 41.6 cm³/mol. The van der Waals surface area contributed by atoms with Crippen molar-refractivity contribution in [2.45, 2.75) is 6.61 Å². The van der Waals surface area contributed by atoms with Gasteiger partial charge in [0.05, 0.1) is 0 Å². The molecule has 2 radical (unpaired) electrons. The molecule has 1 heterocycles. The number of aromatic nitrogens is 1. The topological polar surface area (TPSA) is 39.2 Å². The minimum absolute atomic E-state index is 0.00940. The highest BCUT2D eigenvalue weighted by Crippen LogP contribution is 2.06. The number of pyridine rings is 1. The van der Waals surface area contributed by atoms with Gasteiger partial charge in [0, 0.05) is 0 Å². The van der Waals surface area contributed by atoms with Crippen LogP contribution in [-0.2, 0) is 0 Å². The van der Waals surface area contributed by atoms with E-state index in [9.17, 15) is 13.6 Å². The van der Waals surface area contributed by atoms with Crippen molar-refractivity contribution in [3.05, 3.63) is 17.8 Å². The monoisotopic (exact) mass is 183 g/mol. The average molecular weight is 183 g/mol. The zero-order chi connectivity index (χ0) is 9.84. The van der Waals surface area contributed by atoms with E-state index in [-0.39, 0.29) is 11.2 Å². The van der Waals surface area contributed by atoms with Crippen LogP contribution in [0.2, 0.25) is 0 Å². The first-order valence-corrected chi connectivity index (χ1v) is 3.30. The molecule has 0 bridgehead atoms. The van der Waals surface area contributed by atoms with Gasteiger partial charge in [-0.3, -0.25) is 4.79 Å². The summed E-state index contributed by atoms with van der Waals surface area (Å²) in [6.45, 7) is -3.00. The number of ether oxygens (including phenoxy) is 1. The molecule has 13 heavy (non-hydrogen) atoms. The molecule has 3 nitrogen and oxygen atoms in total. The van der Waals surface area contributed by atoms with Crippen LogP contribution in [0, 0.1) is 0 Å². The summed E-state index contributed by atoms with van der Waals surface area (Å²) in [5, 5.41) is 0. The Balaban J connectivity index is 2.96. The fourth-order valence-corrected chi connectivity index (χ4v) is 0.710. The fourth-order valence-electron chi connectivity index (χ4n) is 0.710. The standard InChI is InChI=1S/C7H4BF2NO2/c8-5-2-1-4(3-12)11-6(5)13-7(9)10/h1-3,7H. The Bertz CT molecular complexity index is 319. The first kappa shape index (κ1) is 9.63. The van der Waals surface area contributed by atoms with E-state index in [0.717, 1.165) is 0 Å². The summed E-state index contributed by atoms with van der Waals surface area (Å²) in [6, 6.07) is 2.58. The van der Waals surface area contributed by atoms with Crippen molar-refractivity contribution in [1.82, 2.24) is 4.98 Å². The van der Waals surface area contributed by atoms with Gasteiger partial charge in [-0.1, -0.05) is 6.07 Å². The normalized spacial score (nSPS) is 10.1. The molecule has 0 saturated heterocycles. The van der Waals surface area contributed by atoms with E-state index >= 15 is 0 Å². The van der Waals surface area contributed by atoms with Gasteiger partial charge in [0.25, 0.3) is 0 Å². The summed E-state index contributed by atoms with van der Waals surface area (Å²) in [7, 11) is 5.26. The third-order valence-corrected chi connectivity index (χ3v) is 1.23. The van der Waals surface area contributed by atoms with Crippen LogP contribution in [0.4, 0.5) is 8.78 Å². The van der Waals surface area contributed by atoms with Gasteiger partial charge in [-0.25, -0.2) is 4.98 Å². The molecular weight excluding hydrogens is 179 g/mol. The van der Waals surface area contributed by atoms with Crippen LogP contribution in [0.3, 0.4) is 0 Å². The first-order chi connectivity index (χ1) is 6.13. The van der Waals surface area contributed by atoms with Crippen LogP contribution in [0.15, 0.2) is 12.1 Å². The molecule has 0 saturated carbocycles. The summed E-state index contributed by atoms with van der Waals surface area (Å²) in [6.07, 6.45) is 0.414. The van der Waals surface area contributed by atoms with Crippen LogP contribution in [-0.4, -0.2) is 25.7 Å². The number of halogens is 2. The van der Waals surface area contributed by atoms with Crippen LogP contribution in [0.5, 0.6) is 5.88 Å². The molecule has 0 aromatic carbocycles. The van der Waals surface area contributed by atoms with Crippen LogP contribution >= 0.6 is 0 Å². The van der Waals surface area contributed by atoms with Gasteiger partial charge in [-0.2, -0.15) is 8.78 Å². The Morgan fingerprint density at radius 1 is 1.54 bits per heavy atom. The summed E-state index contributed by atoms with van der Waals surface area (Å²) >= 11 is 0. The van der Waals surface area contributed by atoms with E-state index in [1.807, 2.05) is 0 Å². The second-order valence-electron chi connectivity index (χ2n) is 2.13. The molecule has 0 N–H and O–H groups in total. The van der Waals surface area contributed by atoms with Crippen LogP contribution in [0.25, 0.3) is 0 Å². The van der Waals surface area contributed by atoms with Gasteiger partial charge in [-0.15, -0.1) is 0 Å². The van der Waals surface area contributed by atoms with Crippen LogP contribution in [0.1, 0.15) is 10.5 Å². The van der Waals surface area contributed by atoms with Crippen molar-refractivity contribution in [2.24, 2.45) is 0 Å². The second kappa shape index (κ2) is 3.98. The Hall–Kier alpha value is -1.46. The number of rotatable bonds is 3. The van der Waals surface area contributed by atoms with Crippen molar-refractivity contribution >= 4 is 19.6 Å². The number of hydrogen-bond donors (Lipinski definition) is 0. The van der Waals surface area contributed by atoms with Crippen molar-refractivity contribution in [1.29, 1.82) is 0 Å². The molecule has 66 valence electrons. The predicted octanol–water partition coefficient (Wildman–Crippen LogP) is 0.289. The molecule has 0 atom stereocenters. The largest absolute Gasteiger partial charge is 0.418 e. The summed E-state index contributed by atoms with van der Waals surface area (Å²) in [4.78, 5) is 13.6. The van der Waals surface area contributed by atoms with Gasteiger partial charge in [0.1, 0.15) is 13.5 Å². The van der Waals surface area contributed by atoms with E-state index in [4.69, 9.17) is 7.85 Å². The maximum atomic E-state index is 11.7. The van der Waals surface area contributed by atoms with Gasteiger partial charge >= 0.3 is 6.61 Å². The molecule has 0 unspecified atom stereocenters. The van der Waals surface area contributed by atoms with E-state index in [1.165, 1.54) is 12.1 Å². The first-order valence-electron chi connectivity index (χ1n) is 3.30. The Labute approximate surface area is 74.1 Å². The van der Waals surface area contributed by atoms with Gasteiger partial charge in [0.2, 0.25) is 5.88 Å². The van der Waals surface area contributed by atoms with Crippen LogP contribution < -0.4 is 10.2 Å². The van der Waals surface area contributed by atoms with Gasteiger partial charge in [0.15, 0.2) is 6.29 Å². The number of nitrogens with zero attached hydrogens (tertiary/aromatic N) is 1. The third kappa shape index (κ3) is 2.50. The van der Waals surface area contributed by atoms with E-state index in [0.29, 0.717) is 6.29 Å². The lowest BCUT2D eigenvalue weighted by atomic mass is 9.98. The lowest BCUT2D eigenvalue weighted by Gasteiger charge is -2.06. The minimum atomic E-state index is -3.00. The molecule has 0 aliphatic rings. The minimum Gasteiger partial charge on any atom is -0.418 e. The summed E-state index contributed by atoms with van der Waals surface area (Å²) < 4.78 is 27.4. The highest BCUT2D eigenvalue weighted by Gasteiger charge is 2.08. The molecule has 0 spiro atoms. The maximum Gasteiger partial charge on any atom is 0.388 e. The zero-order valence-corrected chi connectivity index (χ0v) is 6.41. The Morgan fingerprint density at radius 2 is 2.23 bits per heavy atom. The maximum absolute atomic E-state index is 11.7. The zero-order valence-electron chi connectivity index (χ0n) is 6.41. The number of carbonyl (C=O) groups excluding carboxylic acids is 1. The van der Waals surface area contributed by atoms with Crippen molar-refractivity contribution in [3.63, 3.8) is 0 Å². The lowest BCUT2D eigenvalue weighted by Crippen LogP contribution is -2.15. The van der Waals surface area contributed by atoms with Gasteiger partial charge in [-0.05, 0) is 11.5 Å². The van der Waals surface area contributed by atoms with E-state index < -0.39 is 12.5 Å². The van der Waals surface area contributed by atoms with E-state index in [1.54, 1.807) is 0 Å². The summed E-state index contributed by atoms with van der Waals surface area (Å²) in [5.41, 5.74) is -0.0456. The van der Waals surface area contributed by atoms with E-state index in [2.05, 4.69) is 9.72 Å².